The molecule has 1 aromatic carbocycles. The highest BCUT2D eigenvalue weighted by Crippen LogP contribution is 2.20. The minimum Gasteiger partial charge on any atom is -0.462 e. The molecule has 1 aliphatic rings. The standard InChI is InChI=1S/C21H26N4O3/c1-2-28-21(27)15-9-11-17(12-10-15)23-20(26)18-13-14-19(25-24-18)22-16-7-5-3-4-6-8-16/h9-14,16H,2-8H2,1H3,(H,22,25)(H,23,26). The topological polar surface area (TPSA) is 93.2 Å². The molecule has 0 saturated heterocycles. The number of benzene rings is 1. The van der Waals surface area contributed by atoms with Crippen LogP contribution in [0, 0.1) is 0 Å². The Labute approximate surface area is 164 Å². The average molecular weight is 382 g/mol. The van der Waals surface area contributed by atoms with E-state index >= 15 is 0 Å². The molecule has 1 fully saturated rings. The summed E-state index contributed by atoms with van der Waals surface area (Å²) in [4.78, 5) is 24.0. The van der Waals surface area contributed by atoms with Gasteiger partial charge in [0.15, 0.2) is 5.69 Å². The van der Waals surface area contributed by atoms with E-state index in [-0.39, 0.29) is 17.6 Å². The van der Waals surface area contributed by atoms with Crippen molar-refractivity contribution in [2.75, 3.05) is 17.2 Å². The van der Waals surface area contributed by atoms with Crippen molar-refractivity contribution >= 4 is 23.4 Å². The van der Waals surface area contributed by atoms with Gasteiger partial charge < -0.3 is 15.4 Å². The molecule has 3 rings (SSSR count). The molecule has 0 aliphatic heterocycles. The number of anilines is 2. The molecule has 1 amide bonds. The van der Waals surface area contributed by atoms with Crippen LogP contribution in [0.5, 0.6) is 0 Å². The minimum absolute atomic E-state index is 0.237. The van der Waals surface area contributed by atoms with Crippen LogP contribution in [0.3, 0.4) is 0 Å². The summed E-state index contributed by atoms with van der Waals surface area (Å²) in [6.07, 6.45) is 7.35. The van der Waals surface area contributed by atoms with Crippen LogP contribution in [0.2, 0.25) is 0 Å². The van der Waals surface area contributed by atoms with Crippen LogP contribution in [-0.2, 0) is 4.74 Å². The summed E-state index contributed by atoms with van der Waals surface area (Å²) in [5, 5.41) is 14.3. The molecule has 148 valence electrons. The van der Waals surface area contributed by atoms with E-state index in [0.717, 1.165) is 12.8 Å². The largest absolute Gasteiger partial charge is 0.462 e. The van der Waals surface area contributed by atoms with Crippen LogP contribution in [-0.4, -0.2) is 34.7 Å². The number of esters is 1. The molecule has 7 nitrogen and oxygen atoms in total. The number of amides is 1. The van der Waals surface area contributed by atoms with Crippen LogP contribution < -0.4 is 10.6 Å². The molecule has 0 unspecified atom stereocenters. The highest BCUT2D eigenvalue weighted by Gasteiger charge is 2.14. The predicted octanol–water partition coefficient (Wildman–Crippen LogP) is 4.04. The third-order valence-electron chi connectivity index (χ3n) is 4.76. The van der Waals surface area contributed by atoms with Crippen molar-refractivity contribution < 1.29 is 14.3 Å². The number of carbonyl (C=O) groups excluding carboxylic acids is 2. The second kappa shape index (κ2) is 9.82. The second-order valence-electron chi connectivity index (χ2n) is 6.89. The number of rotatable bonds is 6. The lowest BCUT2D eigenvalue weighted by Gasteiger charge is -2.16. The zero-order valence-electron chi connectivity index (χ0n) is 16.1. The van der Waals surface area contributed by atoms with Crippen molar-refractivity contribution in [1.82, 2.24) is 10.2 Å². The molecule has 0 radical (unpaired) electrons. The van der Waals surface area contributed by atoms with Crippen LogP contribution in [0.15, 0.2) is 36.4 Å². The van der Waals surface area contributed by atoms with Gasteiger partial charge in [0.25, 0.3) is 5.91 Å². The van der Waals surface area contributed by atoms with Gasteiger partial charge >= 0.3 is 5.97 Å². The SMILES string of the molecule is CCOC(=O)c1ccc(NC(=O)c2ccc(NC3CCCCCC3)nn2)cc1. The van der Waals surface area contributed by atoms with E-state index in [1.807, 2.05) is 0 Å². The minimum atomic E-state index is -0.386. The first-order valence-corrected chi connectivity index (χ1v) is 9.84. The summed E-state index contributed by atoms with van der Waals surface area (Å²) >= 11 is 0. The lowest BCUT2D eigenvalue weighted by atomic mass is 10.1. The number of hydrogen-bond donors (Lipinski definition) is 2. The van der Waals surface area contributed by atoms with Gasteiger partial charge in [0.2, 0.25) is 0 Å². The first-order valence-electron chi connectivity index (χ1n) is 9.84. The number of aromatic nitrogens is 2. The summed E-state index contributed by atoms with van der Waals surface area (Å²) in [7, 11) is 0. The van der Waals surface area contributed by atoms with Crippen LogP contribution in [0.25, 0.3) is 0 Å². The Hall–Kier alpha value is -2.96. The molecule has 1 aromatic heterocycles. The molecule has 0 spiro atoms. The third kappa shape index (κ3) is 5.52. The molecular formula is C21H26N4O3. The zero-order chi connectivity index (χ0) is 19.8. The molecule has 2 N–H and O–H groups in total. The first-order chi connectivity index (χ1) is 13.7. The summed E-state index contributed by atoms with van der Waals surface area (Å²) in [6, 6.07) is 10.4. The molecule has 7 heteroatoms. The number of carbonyl (C=O) groups is 2. The van der Waals surface area contributed by atoms with Gasteiger partial charge in [-0.1, -0.05) is 25.7 Å². The van der Waals surface area contributed by atoms with E-state index < -0.39 is 0 Å². The fraction of sp³-hybridized carbons (Fsp3) is 0.429. The quantitative estimate of drug-likeness (QED) is 0.578. The summed E-state index contributed by atoms with van der Waals surface area (Å²) in [5.41, 5.74) is 1.25. The summed E-state index contributed by atoms with van der Waals surface area (Å²) < 4.78 is 4.94. The molecule has 1 heterocycles. The van der Waals surface area contributed by atoms with Gasteiger partial charge in [0, 0.05) is 11.7 Å². The Kier molecular flexibility index (Phi) is 6.94. The Morgan fingerprint density at radius 2 is 1.71 bits per heavy atom. The molecule has 28 heavy (non-hydrogen) atoms. The van der Waals surface area contributed by atoms with E-state index in [2.05, 4.69) is 20.8 Å². The fourth-order valence-electron chi connectivity index (χ4n) is 3.26. The number of nitrogens with zero attached hydrogens (tertiary/aromatic N) is 2. The Balaban J connectivity index is 1.56. The van der Waals surface area contributed by atoms with Crippen LogP contribution >= 0.6 is 0 Å². The van der Waals surface area contributed by atoms with Gasteiger partial charge in [-0.3, -0.25) is 4.79 Å². The summed E-state index contributed by atoms with van der Waals surface area (Å²) in [6.45, 7) is 2.08. The predicted molar refractivity (Wildman–Crippen MR) is 107 cm³/mol. The maximum atomic E-state index is 12.4. The lowest BCUT2D eigenvalue weighted by Crippen LogP contribution is -2.20. The van der Waals surface area contributed by atoms with Crippen molar-refractivity contribution in [3.63, 3.8) is 0 Å². The Bertz CT molecular complexity index is 782. The normalized spacial score (nSPS) is 14.8. The van der Waals surface area contributed by atoms with E-state index in [1.165, 1.54) is 25.7 Å². The van der Waals surface area contributed by atoms with Crippen LogP contribution in [0.1, 0.15) is 66.3 Å². The molecule has 2 aromatic rings. The van der Waals surface area contributed by atoms with Crippen molar-refractivity contribution in [3.05, 3.63) is 47.7 Å². The summed E-state index contributed by atoms with van der Waals surface area (Å²) in [5.74, 6) is -0.0392. The highest BCUT2D eigenvalue weighted by atomic mass is 16.5. The van der Waals surface area contributed by atoms with Gasteiger partial charge in [-0.15, -0.1) is 10.2 Å². The molecular weight excluding hydrogens is 356 g/mol. The van der Waals surface area contributed by atoms with Crippen molar-refractivity contribution in [2.45, 2.75) is 51.5 Å². The highest BCUT2D eigenvalue weighted by molar-refractivity contribution is 6.03. The smallest absolute Gasteiger partial charge is 0.338 e. The Morgan fingerprint density at radius 3 is 2.32 bits per heavy atom. The van der Waals surface area contributed by atoms with Crippen molar-refractivity contribution in [3.8, 4) is 0 Å². The van der Waals surface area contributed by atoms with Gasteiger partial charge in [0.05, 0.1) is 12.2 Å². The fourth-order valence-corrected chi connectivity index (χ4v) is 3.26. The lowest BCUT2D eigenvalue weighted by molar-refractivity contribution is 0.0526. The Morgan fingerprint density at radius 1 is 1.00 bits per heavy atom. The van der Waals surface area contributed by atoms with E-state index in [1.54, 1.807) is 43.3 Å². The zero-order valence-corrected chi connectivity index (χ0v) is 16.1. The first kappa shape index (κ1) is 19.8. The second-order valence-corrected chi connectivity index (χ2v) is 6.89. The van der Waals surface area contributed by atoms with Gasteiger partial charge in [-0.25, -0.2) is 4.79 Å². The maximum absolute atomic E-state index is 12.4. The van der Waals surface area contributed by atoms with Crippen molar-refractivity contribution in [2.24, 2.45) is 0 Å². The number of ether oxygens (including phenoxy) is 1. The van der Waals surface area contributed by atoms with Gasteiger partial charge in [0.1, 0.15) is 5.82 Å². The van der Waals surface area contributed by atoms with Crippen LogP contribution in [0.4, 0.5) is 11.5 Å². The van der Waals surface area contributed by atoms with Gasteiger partial charge in [-0.2, -0.15) is 0 Å². The third-order valence-corrected chi connectivity index (χ3v) is 4.76. The number of hydrogen-bond acceptors (Lipinski definition) is 6. The van der Waals surface area contributed by atoms with E-state index in [9.17, 15) is 9.59 Å². The van der Waals surface area contributed by atoms with Gasteiger partial charge in [-0.05, 0) is 56.2 Å². The van der Waals surface area contributed by atoms with Crippen molar-refractivity contribution in [1.29, 1.82) is 0 Å². The monoisotopic (exact) mass is 382 g/mol. The molecule has 0 atom stereocenters. The number of nitrogens with one attached hydrogen (secondary N) is 2. The maximum Gasteiger partial charge on any atom is 0.338 e. The molecule has 0 bridgehead atoms. The average Bonchev–Trinajstić information content (AvgIpc) is 2.98. The van der Waals surface area contributed by atoms with E-state index in [4.69, 9.17) is 4.74 Å². The molecule has 1 saturated carbocycles. The van der Waals surface area contributed by atoms with E-state index in [0.29, 0.717) is 29.7 Å². The molecule has 1 aliphatic carbocycles.